The molecule has 5 nitrogen and oxygen atoms in total. The van der Waals surface area contributed by atoms with E-state index in [1.807, 2.05) is 12.1 Å². The van der Waals surface area contributed by atoms with Crippen molar-refractivity contribution in [2.24, 2.45) is 0 Å². The molecule has 2 bridgehead atoms. The number of halogens is 1. The summed E-state index contributed by atoms with van der Waals surface area (Å²) in [6.07, 6.45) is 0. The number of aromatic nitrogens is 2. The van der Waals surface area contributed by atoms with Gasteiger partial charge in [-0.05, 0) is 64.4 Å². The van der Waals surface area contributed by atoms with Gasteiger partial charge < -0.3 is 14.5 Å². The Kier molecular flexibility index (Phi) is 5.38. The summed E-state index contributed by atoms with van der Waals surface area (Å²) in [5, 5.41) is 4.81. The van der Waals surface area contributed by atoms with Gasteiger partial charge in [-0.15, -0.1) is 0 Å². The fourth-order valence-electron chi connectivity index (χ4n) is 7.02. The molecule has 3 heterocycles. The number of hydrogen-bond donors (Lipinski definition) is 0. The van der Waals surface area contributed by atoms with Crippen LogP contribution in [0.1, 0.15) is 11.1 Å². The van der Waals surface area contributed by atoms with Crippen LogP contribution in [0.5, 0.6) is 5.75 Å². The topological polar surface area (TPSA) is 33.5 Å². The standard InChI is InChI=1S/C37H27BrN4O/c1-43-28-16-14-27(15-17-28)42-36-32-9-5-3-7-30(32)29-6-2-4-8-31(29)35(36)39-37(42)23-10-11-24-20-41-22-40(33(24)18-23)21-25-12-13-26(38)19-34(25)41/h2-19H,20-22H2,1H3. The van der Waals surface area contributed by atoms with Crippen molar-refractivity contribution in [3.05, 3.63) is 125 Å². The lowest BCUT2D eigenvalue weighted by molar-refractivity contribution is 0.415. The smallest absolute Gasteiger partial charge is 0.145 e. The largest absolute Gasteiger partial charge is 0.497 e. The van der Waals surface area contributed by atoms with Gasteiger partial charge in [0.2, 0.25) is 0 Å². The van der Waals surface area contributed by atoms with Gasteiger partial charge in [0, 0.05) is 51.0 Å². The third-order valence-electron chi connectivity index (χ3n) is 9.00. The van der Waals surface area contributed by atoms with E-state index in [1.165, 1.54) is 38.7 Å². The molecule has 0 aliphatic carbocycles. The van der Waals surface area contributed by atoms with E-state index in [4.69, 9.17) is 9.72 Å². The van der Waals surface area contributed by atoms with Crippen LogP contribution in [0.3, 0.4) is 0 Å². The van der Waals surface area contributed by atoms with E-state index >= 15 is 0 Å². The second-order valence-corrected chi connectivity index (χ2v) is 12.3. The number of ether oxygens (including phenoxy) is 1. The first-order valence-corrected chi connectivity index (χ1v) is 15.3. The van der Waals surface area contributed by atoms with E-state index in [1.54, 1.807) is 7.11 Å². The molecule has 2 aliphatic rings. The van der Waals surface area contributed by atoms with Crippen LogP contribution < -0.4 is 14.5 Å². The van der Waals surface area contributed by atoms with Crippen LogP contribution in [-0.4, -0.2) is 23.3 Å². The normalized spacial score (nSPS) is 13.9. The summed E-state index contributed by atoms with van der Waals surface area (Å²) in [4.78, 5) is 10.4. The highest BCUT2D eigenvalue weighted by Gasteiger charge is 2.30. The first-order valence-electron chi connectivity index (χ1n) is 14.5. The molecular formula is C37H27BrN4O. The average Bonchev–Trinajstić information content (AvgIpc) is 3.46. The summed E-state index contributed by atoms with van der Waals surface area (Å²) in [6, 6.07) is 39.2. The van der Waals surface area contributed by atoms with Crippen molar-refractivity contribution in [2.75, 3.05) is 23.6 Å². The highest BCUT2D eigenvalue weighted by atomic mass is 79.9. The number of hydrogen-bond acceptors (Lipinski definition) is 4. The zero-order valence-corrected chi connectivity index (χ0v) is 25.2. The second-order valence-electron chi connectivity index (χ2n) is 11.4. The summed E-state index contributed by atoms with van der Waals surface area (Å²) in [7, 11) is 1.71. The summed E-state index contributed by atoms with van der Waals surface area (Å²) in [5.41, 5.74) is 9.59. The van der Waals surface area contributed by atoms with Crippen LogP contribution in [-0.2, 0) is 13.1 Å². The lowest BCUT2D eigenvalue weighted by Gasteiger charge is -2.45. The van der Waals surface area contributed by atoms with E-state index in [-0.39, 0.29) is 0 Å². The quantitative estimate of drug-likeness (QED) is 0.184. The van der Waals surface area contributed by atoms with Gasteiger partial charge in [0.05, 0.1) is 24.8 Å². The van der Waals surface area contributed by atoms with Gasteiger partial charge >= 0.3 is 0 Å². The molecule has 208 valence electrons. The van der Waals surface area contributed by atoms with Crippen LogP contribution in [0.15, 0.2) is 114 Å². The molecule has 7 aromatic rings. The Labute approximate surface area is 257 Å². The number of anilines is 2. The number of fused-ring (bicyclic) bond motifs is 12. The fraction of sp³-hybridized carbons (Fsp3) is 0.108. The predicted molar refractivity (Wildman–Crippen MR) is 179 cm³/mol. The van der Waals surface area contributed by atoms with E-state index in [0.29, 0.717) is 0 Å². The highest BCUT2D eigenvalue weighted by molar-refractivity contribution is 9.10. The van der Waals surface area contributed by atoms with Crippen molar-refractivity contribution in [1.29, 1.82) is 0 Å². The van der Waals surface area contributed by atoms with Crippen LogP contribution >= 0.6 is 15.9 Å². The van der Waals surface area contributed by atoms with Crippen molar-refractivity contribution >= 4 is 59.9 Å². The fourth-order valence-corrected chi connectivity index (χ4v) is 7.37. The summed E-state index contributed by atoms with van der Waals surface area (Å²) in [5.74, 6) is 1.77. The van der Waals surface area contributed by atoms with Crippen molar-refractivity contribution in [3.63, 3.8) is 0 Å². The summed E-state index contributed by atoms with van der Waals surface area (Å²) in [6.45, 7) is 2.66. The maximum absolute atomic E-state index is 5.51. The number of imidazole rings is 1. The zero-order chi connectivity index (χ0) is 28.7. The van der Waals surface area contributed by atoms with Crippen LogP contribution in [0.2, 0.25) is 0 Å². The molecule has 0 atom stereocenters. The van der Waals surface area contributed by atoms with Gasteiger partial charge in [-0.1, -0.05) is 82.7 Å². The molecule has 0 saturated heterocycles. The minimum Gasteiger partial charge on any atom is -0.497 e. The molecule has 6 heteroatoms. The molecule has 6 aromatic carbocycles. The Morgan fingerprint density at radius 1 is 0.674 bits per heavy atom. The molecule has 43 heavy (non-hydrogen) atoms. The Balaban J connectivity index is 1.30. The minimum atomic E-state index is 0.834. The molecule has 0 N–H and O–H groups in total. The van der Waals surface area contributed by atoms with Crippen molar-refractivity contribution in [3.8, 4) is 22.8 Å². The van der Waals surface area contributed by atoms with Crippen LogP contribution in [0.25, 0.3) is 49.7 Å². The molecule has 0 amide bonds. The first-order chi connectivity index (χ1) is 21.2. The minimum absolute atomic E-state index is 0.834. The van der Waals surface area contributed by atoms with Gasteiger partial charge in [0.1, 0.15) is 11.6 Å². The van der Waals surface area contributed by atoms with Gasteiger partial charge in [0.25, 0.3) is 0 Å². The van der Waals surface area contributed by atoms with Gasteiger partial charge in [-0.25, -0.2) is 4.98 Å². The number of nitrogens with zero attached hydrogens (tertiary/aromatic N) is 4. The third kappa shape index (κ3) is 3.73. The van der Waals surface area contributed by atoms with Crippen LogP contribution in [0, 0.1) is 0 Å². The molecular weight excluding hydrogens is 596 g/mol. The Morgan fingerprint density at radius 3 is 2.02 bits per heavy atom. The Hall–Kier alpha value is -4.81. The maximum Gasteiger partial charge on any atom is 0.145 e. The van der Waals surface area contributed by atoms with E-state index in [9.17, 15) is 0 Å². The Bertz CT molecular complexity index is 2240. The Morgan fingerprint density at radius 2 is 1.30 bits per heavy atom. The van der Waals surface area contributed by atoms with Gasteiger partial charge in [-0.3, -0.25) is 4.57 Å². The molecule has 0 fully saturated rings. The van der Waals surface area contributed by atoms with Crippen LogP contribution in [0.4, 0.5) is 11.4 Å². The molecule has 0 saturated carbocycles. The molecule has 2 aliphatic heterocycles. The summed E-state index contributed by atoms with van der Waals surface area (Å²) >= 11 is 3.67. The monoisotopic (exact) mass is 622 g/mol. The number of methoxy groups -OCH3 is 1. The predicted octanol–water partition coefficient (Wildman–Crippen LogP) is 9.07. The first kappa shape index (κ1) is 24.8. The second kappa shape index (κ2) is 9.35. The highest BCUT2D eigenvalue weighted by Crippen LogP contribution is 2.43. The zero-order valence-electron chi connectivity index (χ0n) is 23.6. The number of benzene rings is 6. The molecule has 9 rings (SSSR count). The van der Waals surface area contributed by atoms with Crippen molar-refractivity contribution in [1.82, 2.24) is 9.55 Å². The summed E-state index contributed by atoms with van der Waals surface area (Å²) < 4.78 is 8.97. The lowest BCUT2D eigenvalue weighted by atomic mass is 9.99. The maximum atomic E-state index is 5.51. The van der Waals surface area contributed by atoms with E-state index in [2.05, 4.69) is 127 Å². The average molecular weight is 624 g/mol. The van der Waals surface area contributed by atoms with Crippen molar-refractivity contribution < 1.29 is 4.74 Å². The molecule has 0 spiro atoms. The third-order valence-corrected chi connectivity index (χ3v) is 9.49. The molecule has 0 radical (unpaired) electrons. The molecule has 0 unspecified atom stereocenters. The number of rotatable bonds is 3. The van der Waals surface area contributed by atoms with E-state index in [0.717, 1.165) is 63.5 Å². The van der Waals surface area contributed by atoms with Gasteiger partial charge in [0.15, 0.2) is 0 Å². The SMILES string of the molecule is COc1ccc(-n2c(-c3ccc4c(c3)N3Cc5ccc(Br)cc5N(C4)C3)nc3c4ccccc4c4ccccc4c32)cc1. The molecule has 1 aromatic heterocycles. The van der Waals surface area contributed by atoms with E-state index < -0.39 is 0 Å². The lowest BCUT2D eigenvalue weighted by Crippen LogP contribution is -2.46. The van der Waals surface area contributed by atoms with Crippen molar-refractivity contribution in [2.45, 2.75) is 13.1 Å². The van der Waals surface area contributed by atoms with Gasteiger partial charge in [-0.2, -0.15) is 0 Å².